The van der Waals surface area contributed by atoms with Gasteiger partial charge in [-0.05, 0) is 83.4 Å². The number of anilines is 1. The lowest BCUT2D eigenvalue weighted by molar-refractivity contribution is -0.113. The average molecular weight is 613 g/mol. The van der Waals surface area contributed by atoms with Crippen LogP contribution in [0.5, 0.6) is 5.75 Å². The molecule has 0 saturated carbocycles. The Morgan fingerprint density at radius 3 is 2.02 bits per heavy atom. The average Bonchev–Trinajstić information content (AvgIpc) is 3.08. The van der Waals surface area contributed by atoms with E-state index in [1.54, 1.807) is 84.9 Å². The standard InChI is InChI=1S/C38H29ClN2O4/c39-34-14-8-7-13-31(34)25-35(41-37(43)30-11-5-2-6-12-30)38(44)40-32-20-18-29(19-21-32)36(42)24-17-27-15-22-33(23-16-27)45-26-28-9-3-1-4-10-28/h1-25H,26H2,(H,40,44)(H,41,43)/b24-17+,35-25-. The van der Waals surface area contributed by atoms with Crippen molar-refractivity contribution >= 4 is 47.0 Å². The Bertz CT molecular complexity index is 1830. The van der Waals surface area contributed by atoms with Gasteiger partial charge in [-0.1, -0.05) is 96.5 Å². The van der Waals surface area contributed by atoms with Crippen molar-refractivity contribution in [3.05, 3.63) is 178 Å². The SMILES string of the molecule is O=C(Nc1ccc(C(=O)/C=C/c2ccc(OCc3ccccc3)cc2)cc1)/C(=C/c1ccccc1Cl)NC(=O)c1ccccc1. The molecule has 7 heteroatoms. The van der Waals surface area contributed by atoms with E-state index in [1.165, 1.54) is 12.2 Å². The third-order valence-electron chi connectivity index (χ3n) is 6.72. The molecule has 0 aliphatic rings. The van der Waals surface area contributed by atoms with Gasteiger partial charge in [0, 0.05) is 21.8 Å². The lowest BCUT2D eigenvalue weighted by Crippen LogP contribution is -2.30. The van der Waals surface area contributed by atoms with Gasteiger partial charge in [0.2, 0.25) is 0 Å². The van der Waals surface area contributed by atoms with Gasteiger partial charge >= 0.3 is 0 Å². The Morgan fingerprint density at radius 2 is 1.33 bits per heavy atom. The zero-order valence-corrected chi connectivity index (χ0v) is 24.9. The number of amides is 2. The largest absolute Gasteiger partial charge is 0.489 e. The van der Waals surface area contributed by atoms with E-state index in [0.29, 0.717) is 34.0 Å². The van der Waals surface area contributed by atoms with E-state index >= 15 is 0 Å². The van der Waals surface area contributed by atoms with E-state index < -0.39 is 11.8 Å². The fraction of sp³-hybridized carbons (Fsp3) is 0.0263. The summed E-state index contributed by atoms with van der Waals surface area (Å²) in [4.78, 5) is 39.0. The van der Waals surface area contributed by atoms with Gasteiger partial charge in [0.1, 0.15) is 18.1 Å². The summed E-state index contributed by atoms with van der Waals surface area (Å²) in [7, 11) is 0. The van der Waals surface area contributed by atoms with Crippen molar-refractivity contribution in [1.29, 1.82) is 0 Å². The fourth-order valence-corrected chi connectivity index (χ4v) is 4.48. The highest BCUT2D eigenvalue weighted by atomic mass is 35.5. The van der Waals surface area contributed by atoms with Crippen molar-refractivity contribution in [2.24, 2.45) is 0 Å². The van der Waals surface area contributed by atoms with E-state index in [-0.39, 0.29) is 11.5 Å². The third-order valence-corrected chi connectivity index (χ3v) is 7.06. The molecule has 0 aliphatic heterocycles. The van der Waals surface area contributed by atoms with E-state index in [0.717, 1.165) is 16.9 Å². The predicted molar refractivity (Wildman–Crippen MR) is 179 cm³/mol. The number of halogens is 1. The first-order chi connectivity index (χ1) is 21.9. The fourth-order valence-electron chi connectivity index (χ4n) is 4.29. The molecule has 222 valence electrons. The highest BCUT2D eigenvalue weighted by Gasteiger charge is 2.16. The maximum absolute atomic E-state index is 13.3. The minimum absolute atomic E-state index is 0.0107. The third kappa shape index (κ3) is 8.89. The lowest BCUT2D eigenvalue weighted by Gasteiger charge is -2.12. The van der Waals surface area contributed by atoms with Gasteiger partial charge in [-0.15, -0.1) is 0 Å². The van der Waals surface area contributed by atoms with Gasteiger partial charge in [-0.25, -0.2) is 0 Å². The van der Waals surface area contributed by atoms with Crippen molar-refractivity contribution in [2.45, 2.75) is 6.61 Å². The normalized spacial score (nSPS) is 11.2. The molecule has 2 amide bonds. The number of ketones is 1. The molecule has 0 fully saturated rings. The number of allylic oxidation sites excluding steroid dienone is 1. The maximum atomic E-state index is 13.3. The molecule has 45 heavy (non-hydrogen) atoms. The van der Waals surface area contributed by atoms with E-state index in [2.05, 4.69) is 10.6 Å². The Labute approximate surface area is 266 Å². The molecule has 2 N–H and O–H groups in total. The summed E-state index contributed by atoms with van der Waals surface area (Å²) in [5.74, 6) is -0.434. The zero-order valence-electron chi connectivity index (χ0n) is 24.2. The Morgan fingerprint density at radius 1 is 0.689 bits per heavy atom. The second-order valence-corrected chi connectivity index (χ2v) is 10.4. The van der Waals surface area contributed by atoms with Gasteiger partial charge in [0.25, 0.3) is 11.8 Å². The molecule has 0 spiro atoms. The Kier molecular flexibility index (Phi) is 10.3. The summed E-state index contributed by atoms with van der Waals surface area (Å²) >= 11 is 6.31. The summed E-state index contributed by atoms with van der Waals surface area (Å²) in [6, 6.07) is 39.5. The molecule has 0 saturated heterocycles. The van der Waals surface area contributed by atoms with Crippen LogP contribution in [0.4, 0.5) is 5.69 Å². The molecule has 0 bridgehead atoms. The quantitative estimate of drug-likeness (QED) is 0.116. The second-order valence-electron chi connectivity index (χ2n) is 9.97. The first-order valence-corrected chi connectivity index (χ1v) is 14.6. The number of carbonyl (C=O) groups excluding carboxylic acids is 3. The van der Waals surface area contributed by atoms with Crippen LogP contribution in [0, 0.1) is 0 Å². The Balaban J connectivity index is 1.21. The smallest absolute Gasteiger partial charge is 0.272 e. The minimum atomic E-state index is -0.547. The van der Waals surface area contributed by atoms with Gasteiger partial charge < -0.3 is 15.4 Å². The van der Waals surface area contributed by atoms with Crippen molar-refractivity contribution in [3.63, 3.8) is 0 Å². The monoisotopic (exact) mass is 612 g/mol. The minimum Gasteiger partial charge on any atom is -0.489 e. The van der Waals surface area contributed by atoms with E-state index in [9.17, 15) is 14.4 Å². The van der Waals surface area contributed by atoms with Crippen LogP contribution in [-0.2, 0) is 11.4 Å². The molecule has 0 heterocycles. The van der Waals surface area contributed by atoms with Crippen LogP contribution in [0.2, 0.25) is 5.02 Å². The van der Waals surface area contributed by atoms with Gasteiger partial charge in [-0.3, -0.25) is 14.4 Å². The molecular formula is C38H29ClN2O4. The van der Waals surface area contributed by atoms with Crippen LogP contribution in [0.3, 0.4) is 0 Å². The first-order valence-electron chi connectivity index (χ1n) is 14.2. The van der Waals surface area contributed by atoms with E-state index in [4.69, 9.17) is 16.3 Å². The van der Waals surface area contributed by atoms with Gasteiger partial charge in [0.05, 0.1) is 0 Å². The number of rotatable bonds is 11. The summed E-state index contributed by atoms with van der Waals surface area (Å²) in [6.45, 7) is 0.478. The number of carbonyl (C=O) groups is 3. The predicted octanol–water partition coefficient (Wildman–Crippen LogP) is 8.22. The summed E-state index contributed by atoms with van der Waals surface area (Å²) in [5.41, 5.74) is 3.83. The molecule has 0 radical (unpaired) electrons. The van der Waals surface area contributed by atoms with Crippen LogP contribution in [0.1, 0.15) is 37.4 Å². The van der Waals surface area contributed by atoms with Crippen molar-refractivity contribution in [3.8, 4) is 5.75 Å². The van der Waals surface area contributed by atoms with Crippen LogP contribution in [0.25, 0.3) is 12.2 Å². The number of nitrogens with one attached hydrogen (secondary N) is 2. The van der Waals surface area contributed by atoms with Crippen molar-refractivity contribution in [2.75, 3.05) is 5.32 Å². The maximum Gasteiger partial charge on any atom is 0.272 e. The second kappa shape index (κ2) is 15.1. The number of hydrogen-bond acceptors (Lipinski definition) is 4. The molecule has 0 unspecified atom stereocenters. The summed E-state index contributed by atoms with van der Waals surface area (Å²) < 4.78 is 5.82. The molecule has 0 aromatic heterocycles. The number of ether oxygens (including phenoxy) is 1. The van der Waals surface area contributed by atoms with Crippen LogP contribution in [0.15, 0.2) is 145 Å². The van der Waals surface area contributed by atoms with Crippen LogP contribution < -0.4 is 15.4 Å². The summed E-state index contributed by atoms with van der Waals surface area (Å²) in [6.07, 6.45) is 4.75. The molecule has 5 aromatic rings. The molecule has 6 nitrogen and oxygen atoms in total. The molecule has 5 aromatic carbocycles. The van der Waals surface area contributed by atoms with Gasteiger partial charge in [0.15, 0.2) is 5.78 Å². The Hall–Kier alpha value is -5.72. The van der Waals surface area contributed by atoms with Gasteiger partial charge in [-0.2, -0.15) is 0 Å². The lowest BCUT2D eigenvalue weighted by atomic mass is 10.1. The number of hydrogen-bond donors (Lipinski definition) is 2. The van der Waals surface area contributed by atoms with E-state index in [1.807, 2.05) is 54.6 Å². The van der Waals surface area contributed by atoms with Crippen LogP contribution in [-0.4, -0.2) is 17.6 Å². The topological polar surface area (TPSA) is 84.5 Å². The highest BCUT2D eigenvalue weighted by molar-refractivity contribution is 6.32. The number of benzene rings is 5. The molecule has 5 rings (SSSR count). The van der Waals surface area contributed by atoms with Crippen LogP contribution >= 0.6 is 11.6 Å². The summed E-state index contributed by atoms with van der Waals surface area (Å²) in [5, 5.41) is 5.90. The zero-order chi connectivity index (χ0) is 31.4. The first kappa shape index (κ1) is 30.7. The van der Waals surface area contributed by atoms with Crippen molar-refractivity contribution in [1.82, 2.24) is 5.32 Å². The molecule has 0 atom stereocenters. The molecule has 0 aliphatic carbocycles. The van der Waals surface area contributed by atoms with Crippen molar-refractivity contribution < 1.29 is 19.1 Å². The highest BCUT2D eigenvalue weighted by Crippen LogP contribution is 2.20. The molecular weight excluding hydrogens is 584 g/mol.